The fourth-order valence-corrected chi connectivity index (χ4v) is 4.02. The molecule has 0 aromatic heterocycles. The van der Waals surface area contributed by atoms with Gasteiger partial charge in [0.05, 0.1) is 20.8 Å². The first-order valence-electron chi connectivity index (χ1n) is 8.82. The summed E-state index contributed by atoms with van der Waals surface area (Å²) in [5.41, 5.74) is 1.36. The Balaban J connectivity index is 2.20. The summed E-state index contributed by atoms with van der Waals surface area (Å²) in [7, 11) is 2.91. The molecule has 1 aliphatic rings. The zero-order valence-corrected chi connectivity index (χ0v) is 17.1. The molecule has 1 aromatic rings. The molecule has 0 saturated carbocycles. The molecule has 0 aliphatic carbocycles. The number of carbonyl (C=O) groups excluding carboxylic acids is 1. The maximum Gasteiger partial charge on any atom is 0.341 e. The summed E-state index contributed by atoms with van der Waals surface area (Å²) in [5.74, 6) is 2.10. The number of esters is 1. The van der Waals surface area contributed by atoms with E-state index < -0.39 is 5.97 Å². The van der Waals surface area contributed by atoms with E-state index >= 15 is 0 Å². The van der Waals surface area contributed by atoms with Crippen molar-refractivity contribution in [3.63, 3.8) is 0 Å². The molecular weight excluding hydrogens is 350 g/mol. The second-order valence-corrected chi connectivity index (χ2v) is 8.53. The van der Waals surface area contributed by atoms with Crippen LogP contribution in [0.1, 0.15) is 36.7 Å². The Morgan fingerprint density at radius 3 is 2.77 bits per heavy atom. The number of carbonyl (C=O) groups is 1. The number of nitrogens with zero attached hydrogens (tertiary/aromatic N) is 2. The maximum atomic E-state index is 11.9. The van der Waals surface area contributed by atoms with E-state index in [1.165, 1.54) is 7.11 Å². The third-order valence-electron chi connectivity index (χ3n) is 4.14. The van der Waals surface area contributed by atoms with Gasteiger partial charge in [-0.1, -0.05) is 6.07 Å². The highest BCUT2D eigenvalue weighted by Gasteiger charge is 2.28. The minimum atomic E-state index is -0.408. The summed E-state index contributed by atoms with van der Waals surface area (Å²) in [6, 6.07) is 5.49. The SMILES string of the molecule is CCNC(=NCc1ccc(OC)c(C(=O)OC)c1)N1CCSC(C)(C)C1. The van der Waals surface area contributed by atoms with Crippen LogP contribution in [0, 0.1) is 0 Å². The third-order valence-corrected chi connectivity index (χ3v) is 5.44. The quantitative estimate of drug-likeness (QED) is 0.482. The normalized spacial score (nSPS) is 17.0. The molecule has 1 saturated heterocycles. The second kappa shape index (κ2) is 9.16. The van der Waals surface area contributed by atoms with Crippen molar-refractivity contribution >= 4 is 23.7 Å². The van der Waals surface area contributed by atoms with E-state index in [0.29, 0.717) is 17.9 Å². The van der Waals surface area contributed by atoms with Gasteiger partial charge in [0.25, 0.3) is 0 Å². The average molecular weight is 380 g/mol. The van der Waals surface area contributed by atoms with Crippen LogP contribution in [0.4, 0.5) is 0 Å². The number of nitrogens with one attached hydrogen (secondary N) is 1. The van der Waals surface area contributed by atoms with Crippen molar-refractivity contribution in [1.82, 2.24) is 10.2 Å². The summed E-state index contributed by atoms with van der Waals surface area (Å²) in [6.45, 7) is 9.84. The van der Waals surface area contributed by atoms with E-state index in [9.17, 15) is 4.79 Å². The number of thioether (sulfide) groups is 1. The monoisotopic (exact) mass is 379 g/mol. The molecule has 0 spiro atoms. The fraction of sp³-hybridized carbons (Fsp3) is 0.579. The van der Waals surface area contributed by atoms with Crippen molar-refractivity contribution in [1.29, 1.82) is 0 Å². The van der Waals surface area contributed by atoms with Crippen LogP contribution in [0.3, 0.4) is 0 Å². The largest absolute Gasteiger partial charge is 0.496 e. The summed E-state index contributed by atoms with van der Waals surface area (Å²) >= 11 is 2.00. The number of methoxy groups -OCH3 is 2. The second-order valence-electron chi connectivity index (χ2n) is 6.73. The van der Waals surface area contributed by atoms with Crippen LogP contribution < -0.4 is 10.1 Å². The smallest absolute Gasteiger partial charge is 0.341 e. The topological polar surface area (TPSA) is 63.2 Å². The zero-order chi connectivity index (χ0) is 19.2. The van der Waals surface area contributed by atoms with Gasteiger partial charge in [0.1, 0.15) is 11.3 Å². The van der Waals surface area contributed by atoms with Gasteiger partial charge < -0.3 is 19.7 Å². The van der Waals surface area contributed by atoms with E-state index in [0.717, 1.165) is 36.9 Å². The summed E-state index contributed by atoms with van der Waals surface area (Å²) in [6.07, 6.45) is 0. The predicted octanol–water partition coefficient (Wildman–Crippen LogP) is 2.77. The van der Waals surface area contributed by atoms with E-state index in [4.69, 9.17) is 14.5 Å². The lowest BCUT2D eigenvalue weighted by atomic mass is 10.1. The molecule has 2 rings (SSSR count). The van der Waals surface area contributed by atoms with Crippen molar-refractivity contribution in [3.05, 3.63) is 29.3 Å². The summed E-state index contributed by atoms with van der Waals surface area (Å²) < 4.78 is 10.3. The molecule has 0 unspecified atom stereocenters. The average Bonchev–Trinajstić information content (AvgIpc) is 2.63. The Hall–Kier alpha value is -1.89. The van der Waals surface area contributed by atoms with Crippen molar-refractivity contribution < 1.29 is 14.3 Å². The van der Waals surface area contributed by atoms with Gasteiger partial charge >= 0.3 is 5.97 Å². The van der Waals surface area contributed by atoms with Crippen molar-refractivity contribution in [3.8, 4) is 5.75 Å². The summed E-state index contributed by atoms with van der Waals surface area (Å²) in [4.78, 5) is 19.0. The van der Waals surface area contributed by atoms with Crippen molar-refractivity contribution in [2.24, 2.45) is 4.99 Å². The van der Waals surface area contributed by atoms with Crippen LogP contribution in [0.25, 0.3) is 0 Å². The third kappa shape index (κ3) is 5.30. The lowest BCUT2D eigenvalue weighted by Gasteiger charge is -2.39. The molecule has 1 heterocycles. The highest BCUT2D eigenvalue weighted by Crippen LogP contribution is 2.29. The molecular formula is C19H29N3O3S. The van der Waals surface area contributed by atoms with Crippen LogP contribution in [0.5, 0.6) is 5.75 Å². The van der Waals surface area contributed by atoms with E-state index in [1.807, 2.05) is 17.8 Å². The molecule has 1 aliphatic heterocycles. The lowest BCUT2D eigenvalue weighted by molar-refractivity contribution is 0.0597. The number of hydrogen-bond acceptors (Lipinski definition) is 5. The van der Waals surface area contributed by atoms with Gasteiger partial charge in [-0.05, 0) is 38.5 Å². The van der Waals surface area contributed by atoms with Crippen LogP contribution in [-0.2, 0) is 11.3 Å². The molecule has 1 fully saturated rings. The van der Waals surface area contributed by atoms with E-state index in [2.05, 4.69) is 31.0 Å². The van der Waals surface area contributed by atoms with Crippen LogP contribution in [0.15, 0.2) is 23.2 Å². The Bertz CT molecular complexity index is 661. The number of hydrogen-bond donors (Lipinski definition) is 1. The molecule has 1 aromatic carbocycles. The molecule has 26 heavy (non-hydrogen) atoms. The number of benzene rings is 1. The Morgan fingerprint density at radius 2 is 2.15 bits per heavy atom. The fourth-order valence-electron chi connectivity index (χ4n) is 2.91. The highest BCUT2D eigenvalue weighted by molar-refractivity contribution is 8.00. The predicted molar refractivity (Wildman–Crippen MR) is 107 cm³/mol. The highest BCUT2D eigenvalue weighted by atomic mass is 32.2. The van der Waals surface area contributed by atoms with Crippen LogP contribution in [0.2, 0.25) is 0 Å². The van der Waals surface area contributed by atoms with Crippen molar-refractivity contribution in [2.45, 2.75) is 32.1 Å². The lowest BCUT2D eigenvalue weighted by Crippen LogP contribution is -2.50. The Labute approximate surface area is 160 Å². The number of aliphatic imine (C=N–C) groups is 1. The molecule has 0 radical (unpaired) electrons. The maximum absolute atomic E-state index is 11.9. The van der Waals surface area contributed by atoms with Gasteiger partial charge in [0, 0.05) is 30.1 Å². The molecule has 7 heteroatoms. The van der Waals surface area contributed by atoms with E-state index in [1.54, 1.807) is 19.2 Å². The van der Waals surface area contributed by atoms with Gasteiger partial charge in [-0.15, -0.1) is 0 Å². The van der Waals surface area contributed by atoms with Gasteiger partial charge in [-0.2, -0.15) is 11.8 Å². The number of rotatable bonds is 5. The molecule has 6 nitrogen and oxygen atoms in total. The minimum absolute atomic E-state index is 0.215. The minimum Gasteiger partial charge on any atom is -0.496 e. The first-order valence-corrected chi connectivity index (χ1v) is 9.81. The zero-order valence-electron chi connectivity index (χ0n) is 16.3. The molecule has 0 bridgehead atoms. The molecule has 0 amide bonds. The van der Waals surface area contributed by atoms with Crippen molar-refractivity contribution in [2.75, 3.05) is 39.6 Å². The molecule has 144 valence electrons. The van der Waals surface area contributed by atoms with Gasteiger partial charge in [-0.3, -0.25) is 0 Å². The van der Waals surface area contributed by atoms with Gasteiger partial charge in [-0.25, -0.2) is 9.79 Å². The first-order chi connectivity index (χ1) is 12.4. The number of guanidine groups is 1. The van der Waals surface area contributed by atoms with Crippen LogP contribution >= 0.6 is 11.8 Å². The molecule has 0 atom stereocenters. The molecule has 1 N–H and O–H groups in total. The standard InChI is InChI=1S/C19H29N3O3S/c1-6-20-18(22-9-10-26-19(2,3)13-22)21-12-14-7-8-16(24-4)15(11-14)17(23)25-5/h7-8,11H,6,9-10,12-13H2,1-5H3,(H,20,21). The number of ether oxygens (including phenoxy) is 2. The van der Waals surface area contributed by atoms with Gasteiger partial charge in [0.2, 0.25) is 0 Å². The Morgan fingerprint density at radius 1 is 1.38 bits per heavy atom. The van der Waals surface area contributed by atoms with Crippen LogP contribution in [-0.4, -0.2) is 61.2 Å². The van der Waals surface area contributed by atoms with Gasteiger partial charge in [0.15, 0.2) is 5.96 Å². The summed E-state index contributed by atoms with van der Waals surface area (Å²) in [5, 5.41) is 3.38. The van der Waals surface area contributed by atoms with E-state index in [-0.39, 0.29) is 4.75 Å². The Kier molecular flexibility index (Phi) is 7.20. The first kappa shape index (κ1) is 20.4.